The molecule has 2 atom stereocenters. The molecule has 0 saturated carbocycles. The van der Waals surface area contributed by atoms with Crippen LogP contribution in [0.5, 0.6) is 28.9 Å². The fourth-order valence-corrected chi connectivity index (χ4v) is 3.57. The van der Waals surface area contributed by atoms with E-state index in [9.17, 15) is 5.11 Å². The molecule has 6 nitrogen and oxygen atoms in total. The molecule has 156 valence electrons. The molecule has 0 saturated heterocycles. The summed E-state index contributed by atoms with van der Waals surface area (Å²) in [5, 5.41) is 12.0. The number of para-hydroxylation sites is 1. The summed E-state index contributed by atoms with van der Waals surface area (Å²) in [5.41, 5.74) is 1.47. The smallest absolute Gasteiger partial charge is 0.219 e. The molecule has 0 unspecified atom stereocenters. The van der Waals surface area contributed by atoms with Crippen molar-refractivity contribution in [2.75, 3.05) is 13.7 Å². The Kier molecular flexibility index (Phi) is 5.06. The summed E-state index contributed by atoms with van der Waals surface area (Å²) < 4.78 is 22.9. The molecular formula is C25H21NO5. The molecule has 4 aromatic rings. The minimum Gasteiger partial charge on any atom is -0.497 e. The van der Waals surface area contributed by atoms with Crippen LogP contribution < -0.4 is 18.9 Å². The third-order valence-electron chi connectivity index (χ3n) is 5.20. The molecule has 1 aromatic heterocycles. The molecule has 1 aliphatic heterocycles. The van der Waals surface area contributed by atoms with Crippen molar-refractivity contribution >= 4 is 10.9 Å². The summed E-state index contributed by atoms with van der Waals surface area (Å²) >= 11 is 0. The van der Waals surface area contributed by atoms with Crippen molar-refractivity contribution in [1.82, 2.24) is 4.98 Å². The summed E-state index contributed by atoms with van der Waals surface area (Å²) in [6.45, 7) is 0.243. The van der Waals surface area contributed by atoms with Gasteiger partial charge < -0.3 is 24.1 Å². The van der Waals surface area contributed by atoms with E-state index in [4.69, 9.17) is 18.9 Å². The van der Waals surface area contributed by atoms with Gasteiger partial charge >= 0.3 is 0 Å². The Bertz CT molecular complexity index is 1210. The van der Waals surface area contributed by atoms with Crippen LogP contribution in [-0.4, -0.2) is 29.9 Å². The second-order valence-corrected chi connectivity index (χ2v) is 7.23. The number of ether oxygens (including phenoxy) is 4. The Hall–Kier alpha value is -3.77. The molecule has 0 bridgehead atoms. The zero-order valence-corrected chi connectivity index (χ0v) is 16.9. The lowest BCUT2D eigenvalue weighted by molar-refractivity contribution is -0.0104. The predicted octanol–water partition coefficient (Wildman–Crippen LogP) is 4.91. The second-order valence-electron chi connectivity index (χ2n) is 7.23. The number of aliphatic hydroxyl groups excluding tert-OH is 1. The molecule has 3 aromatic carbocycles. The lowest BCUT2D eigenvalue weighted by Gasteiger charge is -2.30. The zero-order valence-electron chi connectivity index (χ0n) is 16.9. The van der Waals surface area contributed by atoms with Crippen molar-refractivity contribution in [2.24, 2.45) is 0 Å². The number of methoxy groups -OCH3 is 1. The van der Waals surface area contributed by atoms with Gasteiger partial charge in [-0.15, -0.1) is 0 Å². The number of rotatable bonds is 5. The number of aromatic nitrogens is 1. The zero-order chi connectivity index (χ0) is 21.2. The topological polar surface area (TPSA) is 70.0 Å². The van der Waals surface area contributed by atoms with Gasteiger partial charge in [0.1, 0.15) is 35.7 Å². The van der Waals surface area contributed by atoms with Gasteiger partial charge in [-0.2, -0.15) is 0 Å². The van der Waals surface area contributed by atoms with E-state index in [1.54, 1.807) is 37.4 Å². The summed E-state index contributed by atoms with van der Waals surface area (Å²) in [7, 11) is 1.61. The normalized spacial score (nSPS) is 17.5. The molecule has 0 aliphatic carbocycles. The Morgan fingerprint density at radius 1 is 0.903 bits per heavy atom. The van der Waals surface area contributed by atoms with E-state index in [0.29, 0.717) is 28.7 Å². The predicted molar refractivity (Wildman–Crippen MR) is 116 cm³/mol. The highest BCUT2D eigenvalue weighted by Crippen LogP contribution is 2.37. The average molecular weight is 415 g/mol. The van der Waals surface area contributed by atoms with E-state index in [0.717, 1.165) is 16.7 Å². The first-order chi connectivity index (χ1) is 15.2. The van der Waals surface area contributed by atoms with Gasteiger partial charge in [0.05, 0.1) is 12.6 Å². The van der Waals surface area contributed by atoms with Gasteiger partial charge in [-0.3, -0.25) is 0 Å². The van der Waals surface area contributed by atoms with Crippen LogP contribution in [0, 0.1) is 0 Å². The van der Waals surface area contributed by atoms with Gasteiger partial charge in [0, 0.05) is 17.0 Å². The maximum absolute atomic E-state index is 10.9. The van der Waals surface area contributed by atoms with Crippen molar-refractivity contribution in [2.45, 2.75) is 12.2 Å². The first kappa shape index (κ1) is 19.2. The van der Waals surface area contributed by atoms with Gasteiger partial charge in [-0.1, -0.05) is 18.2 Å². The SMILES string of the molecule is COc1ccc(O[C@H]2COc3ccc(Oc4ccc5ccccc5n4)cc3[C@H]2O)cc1. The average Bonchev–Trinajstić information content (AvgIpc) is 2.81. The van der Waals surface area contributed by atoms with Gasteiger partial charge in [-0.25, -0.2) is 4.98 Å². The van der Waals surface area contributed by atoms with Crippen LogP contribution in [0.15, 0.2) is 78.9 Å². The number of pyridine rings is 1. The van der Waals surface area contributed by atoms with E-state index in [2.05, 4.69) is 4.98 Å². The monoisotopic (exact) mass is 415 g/mol. The summed E-state index contributed by atoms with van der Waals surface area (Å²) in [6.07, 6.45) is -1.41. The molecule has 0 spiro atoms. The van der Waals surface area contributed by atoms with Crippen LogP contribution in [0.1, 0.15) is 11.7 Å². The number of nitrogens with zero attached hydrogens (tertiary/aromatic N) is 1. The van der Waals surface area contributed by atoms with E-state index < -0.39 is 12.2 Å². The highest BCUT2D eigenvalue weighted by Gasteiger charge is 2.31. The lowest BCUT2D eigenvalue weighted by atomic mass is 10.0. The Morgan fingerprint density at radius 3 is 2.52 bits per heavy atom. The Balaban J connectivity index is 1.35. The lowest BCUT2D eigenvalue weighted by Crippen LogP contribution is -2.35. The van der Waals surface area contributed by atoms with E-state index in [1.165, 1.54) is 0 Å². The number of benzene rings is 3. The number of aliphatic hydroxyl groups is 1. The third-order valence-corrected chi connectivity index (χ3v) is 5.20. The number of fused-ring (bicyclic) bond motifs is 2. The Morgan fingerprint density at radius 2 is 1.68 bits per heavy atom. The van der Waals surface area contributed by atoms with Crippen LogP contribution in [0.3, 0.4) is 0 Å². The van der Waals surface area contributed by atoms with Crippen molar-refractivity contribution in [3.05, 3.63) is 84.4 Å². The molecule has 1 N–H and O–H groups in total. The largest absolute Gasteiger partial charge is 0.497 e. The van der Waals surface area contributed by atoms with Crippen molar-refractivity contribution < 1.29 is 24.1 Å². The van der Waals surface area contributed by atoms with Crippen molar-refractivity contribution in [3.63, 3.8) is 0 Å². The molecule has 31 heavy (non-hydrogen) atoms. The van der Waals surface area contributed by atoms with Gasteiger partial charge in [0.25, 0.3) is 0 Å². The van der Waals surface area contributed by atoms with E-state index in [-0.39, 0.29) is 6.61 Å². The number of hydrogen-bond donors (Lipinski definition) is 1. The van der Waals surface area contributed by atoms with Crippen molar-refractivity contribution in [1.29, 1.82) is 0 Å². The summed E-state index contributed by atoms with van der Waals surface area (Å²) in [6, 6.07) is 24.2. The van der Waals surface area contributed by atoms with Crippen LogP contribution >= 0.6 is 0 Å². The second kappa shape index (κ2) is 8.16. The molecule has 0 fully saturated rings. The van der Waals surface area contributed by atoms with Crippen LogP contribution in [0.2, 0.25) is 0 Å². The first-order valence-corrected chi connectivity index (χ1v) is 9.99. The number of hydrogen-bond acceptors (Lipinski definition) is 6. The fourth-order valence-electron chi connectivity index (χ4n) is 3.57. The molecule has 5 rings (SSSR count). The van der Waals surface area contributed by atoms with E-state index >= 15 is 0 Å². The highest BCUT2D eigenvalue weighted by atomic mass is 16.5. The molecule has 0 amide bonds. The first-order valence-electron chi connectivity index (χ1n) is 9.99. The minimum atomic E-state index is -0.862. The maximum atomic E-state index is 10.9. The summed E-state index contributed by atoms with van der Waals surface area (Å²) in [4.78, 5) is 4.54. The van der Waals surface area contributed by atoms with Crippen LogP contribution in [0.25, 0.3) is 10.9 Å². The molecule has 6 heteroatoms. The maximum Gasteiger partial charge on any atom is 0.219 e. The van der Waals surface area contributed by atoms with Gasteiger partial charge in [0.15, 0.2) is 6.10 Å². The molecular weight excluding hydrogens is 394 g/mol. The van der Waals surface area contributed by atoms with Gasteiger partial charge in [0.2, 0.25) is 5.88 Å². The minimum absolute atomic E-state index is 0.243. The molecule has 0 radical (unpaired) electrons. The van der Waals surface area contributed by atoms with Gasteiger partial charge in [-0.05, 0) is 54.6 Å². The van der Waals surface area contributed by atoms with Crippen molar-refractivity contribution in [3.8, 4) is 28.9 Å². The van der Waals surface area contributed by atoms with Crippen LogP contribution in [0.4, 0.5) is 0 Å². The standard InChI is InChI=1S/C25H21NO5/c1-28-17-7-9-18(10-8-17)30-23-15-29-22-12-11-19(14-20(22)25(23)27)31-24-13-6-16-4-2-3-5-21(16)26-24/h2-14,23,25,27H,15H2,1H3/t23-,25+/m0/s1. The van der Waals surface area contributed by atoms with Crippen LogP contribution in [-0.2, 0) is 0 Å². The Labute approximate surface area is 179 Å². The van der Waals surface area contributed by atoms with E-state index in [1.807, 2.05) is 48.5 Å². The molecule has 1 aliphatic rings. The fraction of sp³-hybridized carbons (Fsp3) is 0.160. The highest BCUT2D eigenvalue weighted by molar-refractivity contribution is 5.78. The summed E-state index contributed by atoms with van der Waals surface area (Å²) in [5.74, 6) is 3.03. The quantitative estimate of drug-likeness (QED) is 0.500. The third kappa shape index (κ3) is 3.98. The molecule has 2 heterocycles.